The average molecular weight is 353 g/mol. The minimum Gasteiger partial charge on any atom is -0.377 e. The van der Waals surface area contributed by atoms with E-state index in [1.54, 1.807) is 17.0 Å². The number of urea groups is 1. The summed E-state index contributed by atoms with van der Waals surface area (Å²) in [5, 5.41) is 2.79. The van der Waals surface area contributed by atoms with Crippen molar-refractivity contribution in [3.63, 3.8) is 0 Å². The number of benzene rings is 1. The molecule has 1 aromatic carbocycles. The van der Waals surface area contributed by atoms with E-state index in [0.717, 1.165) is 38.8 Å². The van der Waals surface area contributed by atoms with Gasteiger partial charge >= 0.3 is 6.03 Å². The quantitative estimate of drug-likeness (QED) is 0.844. The maximum Gasteiger partial charge on any atom is 0.321 e. The molecular formula is C16H23N3O4S. The second-order valence-electron chi connectivity index (χ2n) is 6.14. The minimum atomic E-state index is -3.56. The summed E-state index contributed by atoms with van der Waals surface area (Å²) in [7, 11) is -3.56. The van der Waals surface area contributed by atoms with E-state index in [-0.39, 0.29) is 23.6 Å². The maximum atomic E-state index is 12.3. The number of hydrogen-bond acceptors (Lipinski definition) is 4. The molecule has 132 valence electrons. The third-order valence-corrected chi connectivity index (χ3v) is 5.77. The van der Waals surface area contributed by atoms with Crippen molar-refractivity contribution in [3.8, 4) is 0 Å². The van der Waals surface area contributed by atoms with Crippen LogP contribution >= 0.6 is 0 Å². The molecule has 0 spiro atoms. The maximum absolute atomic E-state index is 12.3. The highest BCUT2D eigenvalue weighted by Crippen LogP contribution is 2.17. The molecule has 24 heavy (non-hydrogen) atoms. The van der Waals surface area contributed by atoms with Crippen LogP contribution in [0.1, 0.15) is 25.7 Å². The number of sulfonamides is 1. The van der Waals surface area contributed by atoms with Gasteiger partial charge in [-0.05, 0) is 49.9 Å². The van der Waals surface area contributed by atoms with Crippen LogP contribution in [0, 0.1) is 0 Å². The summed E-state index contributed by atoms with van der Waals surface area (Å²) < 4.78 is 32.5. The molecule has 2 amide bonds. The van der Waals surface area contributed by atoms with Crippen molar-refractivity contribution >= 4 is 21.7 Å². The lowest BCUT2D eigenvalue weighted by molar-refractivity contribution is 0.114. The van der Waals surface area contributed by atoms with Gasteiger partial charge in [0.25, 0.3) is 0 Å². The summed E-state index contributed by atoms with van der Waals surface area (Å²) in [6.45, 7) is 2.52. The van der Waals surface area contributed by atoms with E-state index in [1.807, 2.05) is 0 Å². The number of rotatable bonds is 5. The van der Waals surface area contributed by atoms with Gasteiger partial charge in [-0.3, -0.25) is 0 Å². The lowest BCUT2D eigenvalue weighted by atomic mass is 10.2. The number of carbonyl (C=O) groups excluding carboxylic acids is 1. The van der Waals surface area contributed by atoms with Gasteiger partial charge in [0.15, 0.2) is 0 Å². The SMILES string of the molecule is O=C(Nc1ccc(S(=O)(=O)NC[C@H]2CCCO2)cc1)N1CCCC1. The molecule has 7 nitrogen and oxygen atoms in total. The van der Waals surface area contributed by atoms with Crippen LogP contribution < -0.4 is 10.0 Å². The van der Waals surface area contributed by atoms with Crippen molar-refractivity contribution in [1.29, 1.82) is 0 Å². The summed E-state index contributed by atoms with van der Waals surface area (Å²) in [6, 6.07) is 6.07. The smallest absolute Gasteiger partial charge is 0.321 e. The molecule has 2 saturated heterocycles. The fourth-order valence-corrected chi connectivity index (χ4v) is 4.00. The van der Waals surface area contributed by atoms with E-state index in [1.165, 1.54) is 12.1 Å². The Bertz CT molecular complexity index is 663. The van der Waals surface area contributed by atoms with Crippen molar-refractivity contribution in [2.24, 2.45) is 0 Å². The number of hydrogen-bond donors (Lipinski definition) is 2. The van der Waals surface area contributed by atoms with E-state index in [9.17, 15) is 13.2 Å². The number of ether oxygens (including phenoxy) is 1. The first-order valence-electron chi connectivity index (χ1n) is 8.32. The Morgan fingerprint density at radius 2 is 1.88 bits per heavy atom. The Balaban J connectivity index is 1.57. The number of amides is 2. The van der Waals surface area contributed by atoms with E-state index in [2.05, 4.69) is 10.0 Å². The molecule has 2 fully saturated rings. The van der Waals surface area contributed by atoms with Gasteiger partial charge in [0.1, 0.15) is 0 Å². The minimum absolute atomic E-state index is 0.0428. The molecule has 0 aliphatic carbocycles. The van der Waals surface area contributed by atoms with Gasteiger partial charge in [-0.2, -0.15) is 0 Å². The van der Waals surface area contributed by atoms with Crippen LogP contribution in [0.5, 0.6) is 0 Å². The van der Waals surface area contributed by atoms with Gasteiger partial charge in [0.2, 0.25) is 10.0 Å². The van der Waals surface area contributed by atoms with Gasteiger partial charge in [0.05, 0.1) is 11.0 Å². The first-order chi connectivity index (χ1) is 11.5. The molecule has 2 aliphatic rings. The number of nitrogens with zero attached hydrogens (tertiary/aromatic N) is 1. The molecule has 0 saturated carbocycles. The lowest BCUT2D eigenvalue weighted by Gasteiger charge is -2.16. The zero-order chi connectivity index (χ0) is 17.0. The molecule has 2 heterocycles. The van der Waals surface area contributed by atoms with Gasteiger partial charge in [-0.1, -0.05) is 0 Å². The van der Waals surface area contributed by atoms with Crippen LogP contribution in [0.3, 0.4) is 0 Å². The van der Waals surface area contributed by atoms with Crippen molar-refractivity contribution in [2.45, 2.75) is 36.7 Å². The third kappa shape index (κ3) is 4.25. The Morgan fingerprint density at radius 3 is 2.50 bits per heavy atom. The van der Waals surface area contributed by atoms with E-state index >= 15 is 0 Å². The predicted octanol–water partition coefficient (Wildman–Crippen LogP) is 1.77. The molecule has 8 heteroatoms. The van der Waals surface area contributed by atoms with Gasteiger partial charge in [-0.25, -0.2) is 17.9 Å². The van der Waals surface area contributed by atoms with Crippen molar-refractivity contribution in [2.75, 3.05) is 31.6 Å². The predicted molar refractivity (Wildman–Crippen MR) is 90.4 cm³/mol. The Kier molecular flexibility index (Phi) is 5.37. The van der Waals surface area contributed by atoms with E-state index in [0.29, 0.717) is 12.3 Å². The number of likely N-dealkylation sites (tertiary alicyclic amines) is 1. The van der Waals surface area contributed by atoms with Crippen LogP contribution in [-0.4, -0.2) is 51.7 Å². The molecule has 1 aromatic rings. The normalized spacial score (nSPS) is 21.2. The van der Waals surface area contributed by atoms with Gasteiger partial charge in [0, 0.05) is 31.9 Å². The summed E-state index contributed by atoms with van der Waals surface area (Å²) in [4.78, 5) is 14.0. The Labute approximate surface area is 142 Å². The largest absolute Gasteiger partial charge is 0.377 e. The number of carbonyl (C=O) groups is 1. The lowest BCUT2D eigenvalue weighted by Crippen LogP contribution is -2.32. The molecule has 0 aromatic heterocycles. The molecular weight excluding hydrogens is 330 g/mol. The van der Waals surface area contributed by atoms with Crippen LogP contribution in [0.2, 0.25) is 0 Å². The first-order valence-corrected chi connectivity index (χ1v) is 9.80. The topological polar surface area (TPSA) is 87.7 Å². The zero-order valence-electron chi connectivity index (χ0n) is 13.5. The second-order valence-corrected chi connectivity index (χ2v) is 7.90. The van der Waals surface area contributed by atoms with Crippen molar-refractivity contribution in [1.82, 2.24) is 9.62 Å². The van der Waals surface area contributed by atoms with Gasteiger partial charge in [-0.15, -0.1) is 0 Å². The molecule has 2 N–H and O–H groups in total. The monoisotopic (exact) mass is 353 g/mol. The highest BCUT2D eigenvalue weighted by molar-refractivity contribution is 7.89. The molecule has 1 atom stereocenters. The zero-order valence-corrected chi connectivity index (χ0v) is 14.3. The Morgan fingerprint density at radius 1 is 1.17 bits per heavy atom. The summed E-state index contributed by atoms with van der Waals surface area (Å²) in [5.41, 5.74) is 0.588. The number of nitrogens with one attached hydrogen (secondary N) is 2. The second kappa shape index (κ2) is 7.50. The fraction of sp³-hybridized carbons (Fsp3) is 0.562. The van der Waals surface area contributed by atoms with Crippen molar-refractivity contribution in [3.05, 3.63) is 24.3 Å². The van der Waals surface area contributed by atoms with Crippen LogP contribution in [0.4, 0.5) is 10.5 Å². The third-order valence-electron chi connectivity index (χ3n) is 4.33. The molecule has 2 aliphatic heterocycles. The summed E-state index contributed by atoms with van der Waals surface area (Å²) >= 11 is 0. The van der Waals surface area contributed by atoms with Crippen molar-refractivity contribution < 1.29 is 17.9 Å². The molecule has 0 bridgehead atoms. The molecule has 0 unspecified atom stereocenters. The standard InChI is InChI=1S/C16H23N3O4S/c20-16(19-9-1-2-10-19)18-13-5-7-15(8-6-13)24(21,22)17-12-14-4-3-11-23-14/h5-8,14,17H,1-4,9-12H2,(H,18,20)/t14-/m1/s1. The molecule has 0 radical (unpaired) electrons. The fourth-order valence-electron chi connectivity index (χ4n) is 2.93. The summed E-state index contributed by atoms with van der Waals surface area (Å²) in [5.74, 6) is 0. The summed E-state index contributed by atoms with van der Waals surface area (Å²) in [6.07, 6.45) is 3.86. The molecule has 3 rings (SSSR count). The van der Waals surface area contributed by atoms with E-state index < -0.39 is 10.0 Å². The van der Waals surface area contributed by atoms with Gasteiger partial charge < -0.3 is 15.0 Å². The highest BCUT2D eigenvalue weighted by atomic mass is 32.2. The Hall–Kier alpha value is -1.64. The first kappa shape index (κ1) is 17.2. The average Bonchev–Trinajstić information content (AvgIpc) is 3.27. The van der Waals surface area contributed by atoms with Crippen LogP contribution in [0.25, 0.3) is 0 Å². The van der Waals surface area contributed by atoms with Crippen LogP contribution in [-0.2, 0) is 14.8 Å². The van der Waals surface area contributed by atoms with E-state index in [4.69, 9.17) is 4.74 Å². The van der Waals surface area contributed by atoms with Crippen LogP contribution in [0.15, 0.2) is 29.2 Å². The highest BCUT2D eigenvalue weighted by Gasteiger charge is 2.21. The number of anilines is 1.